The molecule has 10 nitrogen and oxygen atoms in total. The lowest BCUT2D eigenvalue weighted by Gasteiger charge is -2.33. The summed E-state index contributed by atoms with van der Waals surface area (Å²) >= 11 is 0. The quantitative estimate of drug-likeness (QED) is 0.210. The van der Waals surface area contributed by atoms with Gasteiger partial charge in [0.1, 0.15) is 5.76 Å². The van der Waals surface area contributed by atoms with Gasteiger partial charge in [-0.05, 0) is 63.0 Å². The molecule has 2 fully saturated rings. The largest absolute Gasteiger partial charge is 0.481 e. The second-order valence-electron chi connectivity index (χ2n) is 11.2. The highest BCUT2D eigenvalue weighted by Crippen LogP contribution is 2.44. The number of carboxylic acids is 1. The number of pyridine rings is 1. The first-order chi connectivity index (χ1) is 19.7. The van der Waals surface area contributed by atoms with Gasteiger partial charge in [-0.2, -0.15) is 4.31 Å². The minimum atomic E-state index is -2.89. The lowest BCUT2D eigenvalue weighted by atomic mass is 9.76. The molecule has 0 bridgehead atoms. The first kappa shape index (κ1) is 29.2. The Kier molecular flexibility index (Phi) is 8.77. The summed E-state index contributed by atoms with van der Waals surface area (Å²) in [5, 5.41) is 13.1. The predicted octanol–water partition coefficient (Wildman–Crippen LogP) is 4.42. The van der Waals surface area contributed by atoms with E-state index in [1.807, 2.05) is 37.3 Å². The number of fused-ring (bicyclic) bond motifs is 1. The molecule has 220 valence electrons. The van der Waals surface area contributed by atoms with E-state index in [1.54, 1.807) is 7.05 Å². The van der Waals surface area contributed by atoms with E-state index in [0.717, 1.165) is 29.5 Å². The Morgan fingerprint density at radius 2 is 1.85 bits per heavy atom. The molecule has 3 aromatic rings. The zero-order valence-electron chi connectivity index (χ0n) is 23.5. The minimum absolute atomic E-state index is 0.0915. The molecule has 11 heteroatoms. The molecular weight excluding hydrogens is 546 g/mol. The first-order valence-electron chi connectivity index (χ1n) is 14.2. The van der Waals surface area contributed by atoms with Crippen molar-refractivity contribution in [2.24, 2.45) is 5.41 Å². The topological polar surface area (TPSA) is 139 Å². The SMILES string of the molecule is CNC(=O)c1c(-c2ccc(C)cc2)oc2nc(CN(CCCCC3(C(=O)O)CCOCC3)[SH](=O)=O)c(C3CC3)cc12. The maximum absolute atomic E-state index is 13.0. The number of furan rings is 1. The summed E-state index contributed by atoms with van der Waals surface area (Å²) < 4.78 is 37.5. The standard InChI is InChI=1S/C30H37N3O7S/c1-19-5-7-21(8-6-19)26-25(27(34)31-2)23-17-22(20-9-10-20)24(32-28(23)40-26)18-33(41(37)38)14-4-3-11-30(29(35)36)12-15-39-16-13-30/h5-8,17,20,41H,3-4,9-16,18H2,1-2H3,(H,31,34)(H,35,36). The van der Waals surface area contributed by atoms with Crippen LogP contribution in [0.25, 0.3) is 22.4 Å². The number of aromatic nitrogens is 1. The molecule has 2 N–H and O–H groups in total. The van der Waals surface area contributed by atoms with Gasteiger partial charge >= 0.3 is 5.97 Å². The highest BCUT2D eigenvalue weighted by Gasteiger charge is 2.39. The fraction of sp³-hybridized carbons (Fsp3) is 0.500. The number of benzene rings is 1. The summed E-state index contributed by atoms with van der Waals surface area (Å²) in [4.78, 5) is 29.7. The van der Waals surface area contributed by atoms with Crippen LogP contribution >= 0.6 is 0 Å². The van der Waals surface area contributed by atoms with Crippen LogP contribution in [0.15, 0.2) is 34.7 Å². The second-order valence-corrected chi connectivity index (χ2v) is 12.2. The first-order valence-corrected chi connectivity index (χ1v) is 15.3. The van der Waals surface area contributed by atoms with Gasteiger partial charge in [-0.3, -0.25) is 9.59 Å². The molecule has 0 unspecified atom stereocenters. The number of rotatable bonds is 12. The number of carbonyl (C=O) groups is 2. The van der Waals surface area contributed by atoms with Crippen LogP contribution in [-0.4, -0.2) is 61.5 Å². The molecule has 0 radical (unpaired) electrons. The summed E-state index contributed by atoms with van der Waals surface area (Å²) in [7, 11) is -1.31. The van der Waals surface area contributed by atoms with Crippen LogP contribution in [0.2, 0.25) is 0 Å². The number of carbonyl (C=O) groups excluding carboxylic acids is 1. The van der Waals surface area contributed by atoms with Crippen molar-refractivity contribution >= 4 is 33.9 Å². The normalized spacial score (nSPS) is 16.9. The molecule has 2 aliphatic rings. The Bertz CT molecular complexity index is 1490. The Morgan fingerprint density at radius 3 is 2.46 bits per heavy atom. The van der Waals surface area contributed by atoms with Gasteiger partial charge in [-0.25, -0.2) is 13.4 Å². The molecule has 5 rings (SSSR count). The number of carboxylic acid groups (broad SMARTS) is 1. The maximum Gasteiger partial charge on any atom is 0.309 e. The number of nitrogens with one attached hydrogen (secondary N) is 1. The number of hydrogen-bond donors (Lipinski definition) is 3. The molecule has 3 heterocycles. The van der Waals surface area contributed by atoms with Crippen molar-refractivity contribution in [2.75, 3.05) is 26.8 Å². The van der Waals surface area contributed by atoms with Crippen molar-refractivity contribution in [1.82, 2.24) is 14.6 Å². The van der Waals surface area contributed by atoms with Crippen LogP contribution in [0.3, 0.4) is 0 Å². The molecule has 41 heavy (non-hydrogen) atoms. The second kappa shape index (κ2) is 12.3. The van der Waals surface area contributed by atoms with E-state index >= 15 is 0 Å². The van der Waals surface area contributed by atoms with Crippen molar-refractivity contribution in [3.63, 3.8) is 0 Å². The number of ether oxygens (including phenoxy) is 1. The Morgan fingerprint density at radius 1 is 1.15 bits per heavy atom. The fourth-order valence-electron chi connectivity index (χ4n) is 5.69. The molecule has 1 aliphatic heterocycles. The third-order valence-electron chi connectivity index (χ3n) is 8.37. The van der Waals surface area contributed by atoms with Gasteiger partial charge in [0, 0.05) is 32.4 Å². The summed E-state index contributed by atoms with van der Waals surface area (Å²) in [5.74, 6) is -0.396. The molecule has 1 saturated heterocycles. The van der Waals surface area contributed by atoms with E-state index in [0.29, 0.717) is 73.4 Å². The average molecular weight is 584 g/mol. The molecule has 1 aliphatic carbocycles. The van der Waals surface area contributed by atoms with E-state index in [1.165, 1.54) is 4.31 Å². The van der Waals surface area contributed by atoms with E-state index < -0.39 is 22.3 Å². The number of aryl methyl sites for hydroxylation is 1. The molecule has 0 atom stereocenters. The third kappa shape index (κ3) is 6.32. The highest BCUT2D eigenvalue weighted by molar-refractivity contribution is 7.69. The lowest BCUT2D eigenvalue weighted by Crippen LogP contribution is -2.37. The fourth-order valence-corrected chi connectivity index (χ4v) is 6.24. The van der Waals surface area contributed by atoms with E-state index in [9.17, 15) is 23.1 Å². The molecule has 1 saturated carbocycles. The van der Waals surface area contributed by atoms with Crippen LogP contribution in [0.4, 0.5) is 0 Å². The van der Waals surface area contributed by atoms with Crippen molar-refractivity contribution in [3.8, 4) is 11.3 Å². The van der Waals surface area contributed by atoms with Crippen molar-refractivity contribution in [3.05, 3.63) is 52.7 Å². The van der Waals surface area contributed by atoms with Crippen LogP contribution in [0, 0.1) is 12.3 Å². The van der Waals surface area contributed by atoms with Crippen LogP contribution in [-0.2, 0) is 27.0 Å². The van der Waals surface area contributed by atoms with E-state index in [-0.39, 0.29) is 24.9 Å². The van der Waals surface area contributed by atoms with Gasteiger partial charge in [0.2, 0.25) is 16.6 Å². The molecule has 1 aromatic carbocycles. The number of unbranched alkanes of at least 4 members (excludes halogenated alkanes) is 1. The number of thiol groups is 1. The number of amides is 1. The van der Waals surface area contributed by atoms with E-state index in [4.69, 9.17) is 14.1 Å². The van der Waals surface area contributed by atoms with Gasteiger partial charge in [0.05, 0.1) is 28.6 Å². The van der Waals surface area contributed by atoms with Gasteiger partial charge < -0.3 is 19.6 Å². The Hall–Kier alpha value is -3.28. The van der Waals surface area contributed by atoms with Crippen molar-refractivity contribution in [1.29, 1.82) is 0 Å². The summed E-state index contributed by atoms with van der Waals surface area (Å²) in [6, 6.07) is 9.65. The van der Waals surface area contributed by atoms with Crippen LogP contribution in [0.5, 0.6) is 0 Å². The number of nitrogens with zero attached hydrogens (tertiary/aromatic N) is 2. The van der Waals surface area contributed by atoms with Gasteiger partial charge in [-0.15, -0.1) is 0 Å². The van der Waals surface area contributed by atoms with Crippen molar-refractivity contribution < 1.29 is 32.3 Å². The van der Waals surface area contributed by atoms with Gasteiger partial charge in [0.25, 0.3) is 5.91 Å². The monoisotopic (exact) mass is 583 g/mol. The van der Waals surface area contributed by atoms with Crippen molar-refractivity contribution in [2.45, 2.75) is 64.3 Å². The third-order valence-corrected chi connectivity index (χ3v) is 9.17. The molecular formula is C30H37N3O7S. The summed E-state index contributed by atoms with van der Waals surface area (Å²) in [6.07, 6.45) is 4.53. The average Bonchev–Trinajstić information content (AvgIpc) is 3.75. The number of hydrogen-bond acceptors (Lipinski definition) is 7. The highest BCUT2D eigenvalue weighted by atomic mass is 32.2. The Balaban J connectivity index is 1.40. The van der Waals surface area contributed by atoms with E-state index in [2.05, 4.69) is 5.32 Å². The molecule has 2 aromatic heterocycles. The van der Waals surface area contributed by atoms with Crippen LogP contribution < -0.4 is 5.32 Å². The lowest BCUT2D eigenvalue weighted by molar-refractivity contribution is -0.155. The smallest absolute Gasteiger partial charge is 0.309 e. The predicted molar refractivity (Wildman–Crippen MR) is 154 cm³/mol. The molecule has 1 amide bonds. The van der Waals surface area contributed by atoms with Gasteiger partial charge in [0.15, 0.2) is 0 Å². The zero-order chi connectivity index (χ0) is 29.1. The zero-order valence-corrected chi connectivity index (χ0v) is 24.4. The van der Waals surface area contributed by atoms with Crippen LogP contribution in [0.1, 0.15) is 78.0 Å². The minimum Gasteiger partial charge on any atom is -0.481 e. The summed E-state index contributed by atoms with van der Waals surface area (Å²) in [5.41, 5.74) is 3.31. The summed E-state index contributed by atoms with van der Waals surface area (Å²) in [6.45, 7) is 3.21. The maximum atomic E-state index is 13.0. The molecule has 0 spiro atoms. The number of aliphatic carboxylic acids is 1. The Labute approximate surface area is 241 Å². The van der Waals surface area contributed by atoms with Gasteiger partial charge in [-0.1, -0.05) is 36.2 Å².